The van der Waals surface area contributed by atoms with Crippen molar-refractivity contribution in [3.05, 3.63) is 0 Å². The van der Waals surface area contributed by atoms with Crippen LogP contribution in [-0.2, 0) is 23.8 Å². The summed E-state index contributed by atoms with van der Waals surface area (Å²) in [6, 6.07) is 0. The minimum Gasteiger partial charge on any atom is -0.469 e. The first kappa shape index (κ1) is 15.1. The summed E-state index contributed by atoms with van der Waals surface area (Å²) in [5.41, 5.74) is 0. The molecule has 18 heavy (non-hydrogen) atoms. The average molecular weight is 258 g/mol. The molecule has 0 spiro atoms. The number of hydrogen-bond donors (Lipinski definition) is 0. The molecule has 1 rings (SSSR count). The zero-order chi connectivity index (χ0) is 13.2. The Labute approximate surface area is 108 Å². The Bertz CT molecular complexity index is 248. The van der Waals surface area contributed by atoms with Crippen molar-refractivity contribution in [1.82, 2.24) is 0 Å². The molecule has 1 heterocycles. The van der Waals surface area contributed by atoms with Gasteiger partial charge >= 0.3 is 5.97 Å². The highest BCUT2D eigenvalue weighted by Gasteiger charge is 2.17. The van der Waals surface area contributed by atoms with E-state index in [-0.39, 0.29) is 18.2 Å². The van der Waals surface area contributed by atoms with Crippen LogP contribution in [0.5, 0.6) is 0 Å². The summed E-state index contributed by atoms with van der Waals surface area (Å²) in [6.45, 7) is 1.11. The van der Waals surface area contributed by atoms with E-state index in [0.29, 0.717) is 25.9 Å². The van der Waals surface area contributed by atoms with Crippen molar-refractivity contribution < 1.29 is 23.8 Å². The van der Waals surface area contributed by atoms with Gasteiger partial charge < -0.3 is 19.0 Å². The third kappa shape index (κ3) is 6.12. The standard InChI is InChI=1S/C13H22O5/c1-16-12(15)6-4-5-11(9-14)10-18-13-7-2-3-8-17-13/h9,11,13H,2-8,10H2,1H3/t11-,13+/m1/s1. The summed E-state index contributed by atoms with van der Waals surface area (Å²) >= 11 is 0. The minimum absolute atomic E-state index is 0.165. The summed E-state index contributed by atoms with van der Waals surface area (Å²) in [5, 5.41) is 0. The van der Waals surface area contributed by atoms with Gasteiger partial charge in [-0.3, -0.25) is 4.79 Å². The fourth-order valence-electron chi connectivity index (χ4n) is 1.87. The number of aldehydes is 1. The van der Waals surface area contributed by atoms with Crippen molar-refractivity contribution in [2.75, 3.05) is 20.3 Å². The van der Waals surface area contributed by atoms with Crippen molar-refractivity contribution in [3.8, 4) is 0 Å². The van der Waals surface area contributed by atoms with E-state index in [1.165, 1.54) is 7.11 Å². The first-order valence-corrected chi connectivity index (χ1v) is 6.51. The fourth-order valence-corrected chi connectivity index (χ4v) is 1.87. The zero-order valence-corrected chi connectivity index (χ0v) is 10.9. The second kappa shape index (κ2) is 9.05. The minimum atomic E-state index is -0.240. The molecule has 1 fully saturated rings. The molecule has 1 saturated heterocycles. The molecule has 0 saturated carbocycles. The molecule has 1 aliphatic heterocycles. The van der Waals surface area contributed by atoms with Crippen LogP contribution < -0.4 is 0 Å². The van der Waals surface area contributed by atoms with Crippen LogP contribution in [0.15, 0.2) is 0 Å². The van der Waals surface area contributed by atoms with Crippen LogP contribution in [0.3, 0.4) is 0 Å². The SMILES string of the molecule is COC(=O)CCC[C@H](C=O)CO[C@H]1CCCCO1. The van der Waals surface area contributed by atoms with Gasteiger partial charge in [-0.25, -0.2) is 0 Å². The highest BCUT2D eigenvalue weighted by Crippen LogP contribution is 2.16. The molecule has 104 valence electrons. The lowest BCUT2D eigenvalue weighted by Crippen LogP contribution is -2.25. The number of rotatable bonds is 8. The highest BCUT2D eigenvalue weighted by molar-refractivity contribution is 5.69. The lowest BCUT2D eigenvalue weighted by Gasteiger charge is -2.23. The summed E-state index contributed by atoms with van der Waals surface area (Å²) in [4.78, 5) is 21.8. The topological polar surface area (TPSA) is 61.8 Å². The second-order valence-corrected chi connectivity index (χ2v) is 4.49. The molecule has 1 aliphatic rings. The van der Waals surface area contributed by atoms with Crippen LogP contribution in [0.2, 0.25) is 0 Å². The lowest BCUT2D eigenvalue weighted by molar-refractivity contribution is -0.169. The van der Waals surface area contributed by atoms with E-state index < -0.39 is 0 Å². The van der Waals surface area contributed by atoms with Crippen LogP contribution in [0.4, 0.5) is 0 Å². The summed E-state index contributed by atoms with van der Waals surface area (Å²) in [5.74, 6) is -0.406. The van der Waals surface area contributed by atoms with Gasteiger partial charge in [0, 0.05) is 18.9 Å². The van der Waals surface area contributed by atoms with Gasteiger partial charge in [-0.05, 0) is 32.1 Å². The van der Waals surface area contributed by atoms with Gasteiger partial charge in [-0.1, -0.05) is 0 Å². The van der Waals surface area contributed by atoms with E-state index in [1.807, 2.05) is 0 Å². The Balaban J connectivity index is 2.12. The molecule has 2 atom stereocenters. The van der Waals surface area contributed by atoms with E-state index in [1.54, 1.807) is 0 Å². The number of esters is 1. The predicted molar refractivity (Wildman–Crippen MR) is 65.0 cm³/mol. The first-order valence-electron chi connectivity index (χ1n) is 6.51. The van der Waals surface area contributed by atoms with Crippen LogP contribution in [0, 0.1) is 5.92 Å². The molecular weight excluding hydrogens is 236 g/mol. The van der Waals surface area contributed by atoms with E-state index in [2.05, 4.69) is 4.74 Å². The molecule has 0 N–H and O–H groups in total. The molecule has 0 aromatic heterocycles. The van der Waals surface area contributed by atoms with Crippen LogP contribution in [0.1, 0.15) is 38.5 Å². The van der Waals surface area contributed by atoms with E-state index >= 15 is 0 Å². The summed E-state index contributed by atoms with van der Waals surface area (Å²) in [7, 11) is 1.36. The molecule has 0 amide bonds. The molecule has 0 aromatic rings. The second-order valence-electron chi connectivity index (χ2n) is 4.49. The van der Waals surface area contributed by atoms with Gasteiger partial charge in [0.05, 0.1) is 13.7 Å². The van der Waals surface area contributed by atoms with Crippen LogP contribution in [0.25, 0.3) is 0 Å². The van der Waals surface area contributed by atoms with Crippen LogP contribution in [-0.4, -0.2) is 38.9 Å². The van der Waals surface area contributed by atoms with Crippen molar-refractivity contribution in [1.29, 1.82) is 0 Å². The smallest absolute Gasteiger partial charge is 0.305 e. The Morgan fingerprint density at radius 3 is 2.94 bits per heavy atom. The zero-order valence-electron chi connectivity index (χ0n) is 10.9. The lowest BCUT2D eigenvalue weighted by atomic mass is 10.0. The molecule has 0 radical (unpaired) electrons. The molecule has 5 heteroatoms. The maximum absolute atomic E-state index is 10.9. The molecule has 0 unspecified atom stereocenters. The first-order chi connectivity index (χ1) is 8.76. The Morgan fingerprint density at radius 1 is 1.50 bits per heavy atom. The van der Waals surface area contributed by atoms with Gasteiger partial charge in [0.1, 0.15) is 6.29 Å². The van der Waals surface area contributed by atoms with E-state index in [9.17, 15) is 9.59 Å². The fraction of sp³-hybridized carbons (Fsp3) is 0.846. The summed E-state index contributed by atoms with van der Waals surface area (Å²) in [6.07, 6.45) is 5.45. The van der Waals surface area contributed by atoms with Gasteiger partial charge in [0.15, 0.2) is 6.29 Å². The van der Waals surface area contributed by atoms with Gasteiger partial charge in [0.2, 0.25) is 0 Å². The molecule has 0 aliphatic carbocycles. The largest absolute Gasteiger partial charge is 0.469 e. The number of hydrogen-bond acceptors (Lipinski definition) is 5. The number of carbonyl (C=O) groups excluding carboxylic acids is 2. The van der Waals surface area contributed by atoms with Crippen molar-refractivity contribution in [2.24, 2.45) is 5.92 Å². The van der Waals surface area contributed by atoms with Crippen molar-refractivity contribution >= 4 is 12.3 Å². The highest BCUT2D eigenvalue weighted by atomic mass is 16.7. The molecule has 0 bridgehead atoms. The molecule has 0 aromatic carbocycles. The maximum atomic E-state index is 10.9. The third-order valence-corrected chi connectivity index (χ3v) is 3.01. The maximum Gasteiger partial charge on any atom is 0.305 e. The quantitative estimate of drug-likeness (QED) is 0.489. The number of ether oxygens (including phenoxy) is 3. The van der Waals surface area contributed by atoms with E-state index in [0.717, 1.165) is 32.2 Å². The third-order valence-electron chi connectivity index (χ3n) is 3.01. The Hall–Kier alpha value is -0.940. The normalized spacial score (nSPS) is 21.3. The van der Waals surface area contributed by atoms with Crippen molar-refractivity contribution in [3.63, 3.8) is 0 Å². The number of carbonyl (C=O) groups is 2. The number of methoxy groups -OCH3 is 1. The van der Waals surface area contributed by atoms with Gasteiger partial charge in [-0.2, -0.15) is 0 Å². The predicted octanol–water partition coefficient (Wildman–Crippen LogP) is 1.69. The van der Waals surface area contributed by atoms with Gasteiger partial charge in [0.25, 0.3) is 0 Å². The summed E-state index contributed by atoms with van der Waals surface area (Å²) < 4.78 is 15.5. The monoisotopic (exact) mass is 258 g/mol. The van der Waals surface area contributed by atoms with Crippen molar-refractivity contribution in [2.45, 2.75) is 44.8 Å². The van der Waals surface area contributed by atoms with Crippen LogP contribution >= 0.6 is 0 Å². The Kier molecular flexibility index (Phi) is 7.60. The average Bonchev–Trinajstić information content (AvgIpc) is 2.43. The molecular formula is C13H22O5. The Morgan fingerprint density at radius 2 is 2.33 bits per heavy atom. The van der Waals surface area contributed by atoms with Gasteiger partial charge in [-0.15, -0.1) is 0 Å². The molecule has 5 nitrogen and oxygen atoms in total. The van der Waals surface area contributed by atoms with E-state index in [4.69, 9.17) is 9.47 Å².